The van der Waals surface area contributed by atoms with Gasteiger partial charge < -0.3 is 10.2 Å². The van der Waals surface area contributed by atoms with Gasteiger partial charge in [-0.3, -0.25) is 4.79 Å². The molecule has 0 aliphatic heterocycles. The lowest BCUT2D eigenvalue weighted by Gasteiger charge is -1.96. The molecule has 0 amide bonds. The number of fused-ring (bicyclic) bond motifs is 1. The van der Waals surface area contributed by atoms with Crippen LogP contribution in [0.2, 0.25) is 5.02 Å². The summed E-state index contributed by atoms with van der Waals surface area (Å²) in [5, 5.41) is 0.401. The largest absolute Gasteiger partial charge is 0.439 e. The van der Waals surface area contributed by atoms with Crippen LogP contribution in [0.4, 0.5) is 0 Å². The van der Waals surface area contributed by atoms with E-state index in [-0.39, 0.29) is 5.78 Å². The molecule has 2 rings (SSSR count). The van der Waals surface area contributed by atoms with Crippen molar-refractivity contribution in [3.63, 3.8) is 0 Å². The molecule has 2 N–H and O–H groups in total. The van der Waals surface area contributed by atoms with Crippen molar-refractivity contribution in [1.29, 1.82) is 0 Å². The fraction of sp³-hybridized carbons (Fsp3) is 0.273. The number of aromatic nitrogens is 1. The molecule has 84 valence electrons. The number of carbonyl (C=O) groups excluding carboxylic acids is 1. The van der Waals surface area contributed by atoms with Gasteiger partial charge in [-0.1, -0.05) is 11.6 Å². The standard InChI is InChI=1S/C11H11ClN2O2/c1-6(15)7-4-8(12)11-9(5-7)14-10(16-11)2-3-13/h4-5H,2-3,13H2,1H3. The van der Waals surface area contributed by atoms with Crippen LogP contribution in [-0.2, 0) is 6.42 Å². The molecule has 4 nitrogen and oxygen atoms in total. The molecule has 1 aromatic heterocycles. The highest BCUT2D eigenvalue weighted by atomic mass is 35.5. The first-order valence-electron chi connectivity index (χ1n) is 4.92. The van der Waals surface area contributed by atoms with E-state index < -0.39 is 0 Å². The Labute approximate surface area is 97.4 Å². The van der Waals surface area contributed by atoms with Gasteiger partial charge in [-0.2, -0.15) is 0 Å². The molecule has 0 bridgehead atoms. The normalized spacial score (nSPS) is 10.9. The SMILES string of the molecule is CC(=O)c1cc(Cl)c2oc(CCN)nc2c1. The summed E-state index contributed by atoms with van der Waals surface area (Å²) in [6, 6.07) is 3.26. The highest BCUT2D eigenvalue weighted by Gasteiger charge is 2.12. The maximum Gasteiger partial charge on any atom is 0.196 e. The average molecular weight is 239 g/mol. The maximum absolute atomic E-state index is 11.2. The molecule has 0 spiro atoms. The van der Waals surface area contributed by atoms with Crippen molar-refractivity contribution in [3.05, 3.63) is 28.6 Å². The monoisotopic (exact) mass is 238 g/mol. The quantitative estimate of drug-likeness (QED) is 0.833. The molecular formula is C11H11ClN2O2. The Bertz CT molecular complexity index is 548. The van der Waals surface area contributed by atoms with Gasteiger partial charge in [0.2, 0.25) is 0 Å². The molecule has 1 heterocycles. The molecule has 2 aromatic rings. The predicted octanol–water partition coefficient (Wildman–Crippen LogP) is 2.18. The first kappa shape index (κ1) is 11.1. The van der Waals surface area contributed by atoms with E-state index in [0.29, 0.717) is 40.5 Å². The van der Waals surface area contributed by atoms with Crippen molar-refractivity contribution >= 4 is 28.5 Å². The Morgan fingerprint density at radius 1 is 1.56 bits per heavy atom. The summed E-state index contributed by atoms with van der Waals surface area (Å²) in [7, 11) is 0. The number of hydrogen-bond donors (Lipinski definition) is 1. The van der Waals surface area contributed by atoms with Gasteiger partial charge in [0.25, 0.3) is 0 Å². The third-order valence-electron chi connectivity index (χ3n) is 2.25. The average Bonchev–Trinajstić information content (AvgIpc) is 2.61. The molecule has 16 heavy (non-hydrogen) atoms. The number of nitrogens with zero attached hydrogens (tertiary/aromatic N) is 1. The predicted molar refractivity (Wildman–Crippen MR) is 61.8 cm³/mol. The van der Waals surface area contributed by atoms with Crippen LogP contribution >= 0.6 is 11.6 Å². The molecule has 0 fully saturated rings. The minimum Gasteiger partial charge on any atom is -0.439 e. The maximum atomic E-state index is 11.2. The van der Waals surface area contributed by atoms with Gasteiger partial charge in [-0.25, -0.2) is 4.98 Å². The molecule has 0 radical (unpaired) electrons. The number of nitrogens with two attached hydrogens (primary N) is 1. The lowest BCUT2D eigenvalue weighted by molar-refractivity contribution is 0.101. The third kappa shape index (κ3) is 1.94. The summed E-state index contributed by atoms with van der Waals surface area (Å²) >= 11 is 6.00. The number of halogens is 1. The highest BCUT2D eigenvalue weighted by Crippen LogP contribution is 2.26. The Hall–Kier alpha value is -1.39. The molecule has 0 unspecified atom stereocenters. The van der Waals surface area contributed by atoms with Gasteiger partial charge in [-0.05, 0) is 19.1 Å². The van der Waals surface area contributed by atoms with E-state index in [9.17, 15) is 4.79 Å². The summed E-state index contributed by atoms with van der Waals surface area (Å²) in [6.45, 7) is 1.95. The Kier molecular flexibility index (Phi) is 2.94. The van der Waals surface area contributed by atoms with E-state index in [2.05, 4.69) is 4.98 Å². The van der Waals surface area contributed by atoms with Crippen molar-refractivity contribution in [2.75, 3.05) is 6.54 Å². The topological polar surface area (TPSA) is 69.1 Å². The lowest BCUT2D eigenvalue weighted by atomic mass is 10.1. The zero-order valence-corrected chi connectivity index (χ0v) is 9.54. The molecule has 5 heteroatoms. The van der Waals surface area contributed by atoms with E-state index in [0.717, 1.165) is 0 Å². The first-order valence-corrected chi connectivity index (χ1v) is 5.29. The van der Waals surface area contributed by atoms with Crippen molar-refractivity contribution in [2.24, 2.45) is 5.73 Å². The van der Waals surface area contributed by atoms with Crippen LogP contribution in [0, 0.1) is 0 Å². The summed E-state index contributed by atoms with van der Waals surface area (Å²) in [5.74, 6) is 0.493. The number of benzene rings is 1. The van der Waals surface area contributed by atoms with Crippen molar-refractivity contribution in [1.82, 2.24) is 4.98 Å². The van der Waals surface area contributed by atoms with Crippen molar-refractivity contribution in [3.8, 4) is 0 Å². The van der Waals surface area contributed by atoms with E-state index >= 15 is 0 Å². The lowest BCUT2D eigenvalue weighted by Crippen LogP contribution is -2.02. The number of oxazole rings is 1. The van der Waals surface area contributed by atoms with Crippen molar-refractivity contribution in [2.45, 2.75) is 13.3 Å². The fourth-order valence-electron chi connectivity index (χ4n) is 1.47. The highest BCUT2D eigenvalue weighted by molar-refractivity contribution is 6.35. The van der Waals surface area contributed by atoms with E-state index in [1.807, 2.05) is 0 Å². The minimum absolute atomic E-state index is 0.0489. The smallest absolute Gasteiger partial charge is 0.196 e. The Balaban J connectivity index is 2.58. The minimum atomic E-state index is -0.0489. The molecule has 0 atom stereocenters. The van der Waals surface area contributed by atoms with E-state index in [1.54, 1.807) is 12.1 Å². The van der Waals surface area contributed by atoms with Crippen LogP contribution in [-0.4, -0.2) is 17.3 Å². The van der Waals surface area contributed by atoms with Crippen LogP contribution in [0.1, 0.15) is 23.2 Å². The molecule has 0 aliphatic carbocycles. The molecule has 0 saturated heterocycles. The van der Waals surface area contributed by atoms with Crippen LogP contribution < -0.4 is 5.73 Å². The van der Waals surface area contributed by atoms with E-state index in [4.69, 9.17) is 21.8 Å². The van der Waals surface area contributed by atoms with Crippen LogP contribution in [0.25, 0.3) is 11.1 Å². The molecular weight excluding hydrogens is 228 g/mol. The van der Waals surface area contributed by atoms with Gasteiger partial charge in [0.15, 0.2) is 17.3 Å². The third-order valence-corrected chi connectivity index (χ3v) is 2.53. The number of Topliss-reactive ketones (excluding diaryl/α,β-unsaturated/α-hetero) is 1. The fourth-order valence-corrected chi connectivity index (χ4v) is 1.72. The van der Waals surface area contributed by atoms with Crippen LogP contribution in [0.5, 0.6) is 0 Å². The molecule has 0 saturated carbocycles. The number of carbonyl (C=O) groups is 1. The number of ketones is 1. The van der Waals surface area contributed by atoms with Gasteiger partial charge in [-0.15, -0.1) is 0 Å². The number of hydrogen-bond acceptors (Lipinski definition) is 4. The zero-order valence-electron chi connectivity index (χ0n) is 8.79. The summed E-state index contributed by atoms with van der Waals surface area (Å²) in [4.78, 5) is 15.5. The van der Waals surface area contributed by atoms with E-state index in [1.165, 1.54) is 6.92 Å². The summed E-state index contributed by atoms with van der Waals surface area (Å²) in [6.07, 6.45) is 0.556. The second-order valence-electron chi connectivity index (χ2n) is 3.51. The van der Waals surface area contributed by atoms with Crippen molar-refractivity contribution < 1.29 is 9.21 Å². The summed E-state index contributed by atoms with van der Waals surface area (Å²) in [5.41, 5.74) is 7.05. The zero-order chi connectivity index (χ0) is 11.7. The second kappa shape index (κ2) is 4.23. The van der Waals surface area contributed by atoms with Crippen LogP contribution in [0.15, 0.2) is 16.5 Å². The van der Waals surface area contributed by atoms with Gasteiger partial charge >= 0.3 is 0 Å². The second-order valence-corrected chi connectivity index (χ2v) is 3.92. The molecule has 0 aliphatic rings. The van der Waals surface area contributed by atoms with Gasteiger partial charge in [0, 0.05) is 18.5 Å². The summed E-state index contributed by atoms with van der Waals surface area (Å²) < 4.78 is 5.44. The van der Waals surface area contributed by atoms with Gasteiger partial charge in [0.05, 0.1) is 5.02 Å². The van der Waals surface area contributed by atoms with Crippen LogP contribution in [0.3, 0.4) is 0 Å². The Morgan fingerprint density at radius 3 is 2.94 bits per heavy atom. The number of rotatable bonds is 3. The first-order chi connectivity index (χ1) is 7.61. The Morgan fingerprint density at radius 2 is 2.31 bits per heavy atom. The molecule has 1 aromatic carbocycles. The van der Waals surface area contributed by atoms with Gasteiger partial charge in [0.1, 0.15) is 5.52 Å².